The van der Waals surface area contributed by atoms with Crippen LogP contribution in [0.4, 0.5) is 16.2 Å². The summed E-state index contributed by atoms with van der Waals surface area (Å²) >= 11 is 0. The van der Waals surface area contributed by atoms with E-state index in [1.807, 2.05) is 0 Å². The number of hydrogen-bond donors (Lipinski definition) is 3. The van der Waals surface area contributed by atoms with Crippen LogP contribution >= 0.6 is 0 Å². The van der Waals surface area contributed by atoms with E-state index in [0.717, 1.165) is 0 Å². The molecule has 2 amide bonds. The Morgan fingerprint density at radius 1 is 1.14 bits per heavy atom. The molecule has 0 aromatic heterocycles. The van der Waals surface area contributed by atoms with Crippen molar-refractivity contribution in [3.8, 4) is 0 Å². The van der Waals surface area contributed by atoms with Gasteiger partial charge in [-0.05, 0) is 37.6 Å². The van der Waals surface area contributed by atoms with Crippen LogP contribution in [0.25, 0.3) is 0 Å². The highest BCUT2D eigenvalue weighted by Crippen LogP contribution is 2.39. The maximum atomic E-state index is 11.8. The summed E-state index contributed by atoms with van der Waals surface area (Å²) < 4.78 is 4.74. The molecular weight excluding hydrogens is 276 g/mol. The van der Waals surface area contributed by atoms with Gasteiger partial charge in [0.05, 0.1) is 18.4 Å². The monoisotopic (exact) mass is 292 g/mol. The highest BCUT2D eigenvalue weighted by molar-refractivity contribution is 5.98. The second-order valence-corrected chi connectivity index (χ2v) is 4.70. The smallest absolute Gasteiger partial charge is 0.411 e. The van der Waals surface area contributed by atoms with Crippen LogP contribution in [0.2, 0.25) is 0 Å². The minimum Gasteiger partial charge on any atom is -0.481 e. The first-order valence-electron chi connectivity index (χ1n) is 6.58. The summed E-state index contributed by atoms with van der Waals surface area (Å²) in [5.41, 5.74) is 1.09. The number of carbonyl (C=O) groups is 3. The number of ether oxygens (including phenoxy) is 1. The molecule has 1 fully saturated rings. The number of rotatable bonds is 5. The van der Waals surface area contributed by atoms with Crippen molar-refractivity contribution < 1.29 is 24.2 Å². The van der Waals surface area contributed by atoms with Crippen LogP contribution in [0.15, 0.2) is 24.3 Å². The Morgan fingerprint density at radius 3 is 2.19 bits per heavy atom. The Morgan fingerprint density at radius 2 is 1.71 bits per heavy atom. The Labute approximate surface area is 121 Å². The van der Waals surface area contributed by atoms with Crippen LogP contribution in [0.3, 0.4) is 0 Å². The molecule has 21 heavy (non-hydrogen) atoms. The molecule has 2 unspecified atom stereocenters. The normalized spacial score (nSPS) is 19.5. The van der Waals surface area contributed by atoms with Crippen LogP contribution in [0.1, 0.15) is 13.3 Å². The third kappa shape index (κ3) is 3.95. The van der Waals surface area contributed by atoms with Gasteiger partial charge in [-0.1, -0.05) is 0 Å². The van der Waals surface area contributed by atoms with Gasteiger partial charge in [-0.3, -0.25) is 14.9 Å². The van der Waals surface area contributed by atoms with Crippen LogP contribution in [0.5, 0.6) is 0 Å². The summed E-state index contributed by atoms with van der Waals surface area (Å²) in [5.74, 6) is -2.27. The van der Waals surface area contributed by atoms with E-state index < -0.39 is 23.9 Å². The van der Waals surface area contributed by atoms with Gasteiger partial charge in [0.25, 0.3) is 0 Å². The summed E-state index contributed by atoms with van der Waals surface area (Å²) in [5, 5.41) is 13.9. The molecule has 7 nitrogen and oxygen atoms in total. The molecule has 1 aromatic rings. The molecule has 2 atom stereocenters. The molecule has 0 aliphatic heterocycles. The van der Waals surface area contributed by atoms with E-state index in [9.17, 15) is 14.4 Å². The lowest BCUT2D eigenvalue weighted by atomic mass is 10.2. The van der Waals surface area contributed by atoms with E-state index in [2.05, 4.69) is 10.6 Å². The van der Waals surface area contributed by atoms with Gasteiger partial charge in [0.1, 0.15) is 0 Å². The van der Waals surface area contributed by atoms with Gasteiger partial charge in [0, 0.05) is 11.4 Å². The molecule has 0 saturated heterocycles. The van der Waals surface area contributed by atoms with Gasteiger partial charge in [-0.25, -0.2) is 4.79 Å². The summed E-state index contributed by atoms with van der Waals surface area (Å²) in [6, 6.07) is 6.48. The van der Waals surface area contributed by atoms with E-state index in [4.69, 9.17) is 9.84 Å². The van der Waals surface area contributed by atoms with E-state index in [1.165, 1.54) is 0 Å². The van der Waals surface area contributed by atoms with Crippen molar-refractivity contribution in [3.05, 3.63) is 24.3 Å². The average molecular weight is 292 g/mol. The maximum absolute atomic E-state index is 11.8. The topological polar surface area (TPSA) is 105 Å². The van der Waals surface area contributed by atoms with Crippen molar-refractivity contribution in [1.82, 2.24) is 0 Å². The standard InChI is InChI=1S/C14H16N2O5/c1-2-21-14(20)16-9-5-3-8(4-6-9)15-12(17)10-7-11(10)13(18)19/h3-6,10-11H,2,7H2,1H3,(H,15,17)(H,16,20)(H,18,19). The van der Waals surface area contributed by atoms with Crippen molar-refractivity contribution in [3.63, 3.8) is 0 Å². The Bertz CT molecular complexity index is 555. The lowest BCUT2D eigenvalue weighted by Crippen LogP contribution is -2.17. The van der Waals surface area contributed by atoms with Crippen LogP contribution < -0.4 is 10.6 Å². The predicted octanol–water partition coefficient (Wildman–Crippen LogP) is 1.91. The van der Waals surface area contributed by atoms with E-state index in [1.54, 1.807) is 31.2 Å². The zero-order chi connectivity index (χ0) is 15.4. The van der Waals surface area contributed by atoms with Gasteiger partial charge < -0.3 is 15.2 Å². The molecule has 2 rings (SSSR count). The minimum atomic E-state index is -0.941. The Balaban J connectivity index is 1.87. The highest BCUT2D eigenvalue weighted by Gasteiger charge is 2.48. The quantitative estimate of drug-likeness (QED) is 0.769. The van der Waals surface area contributed by atoms with Gasteiger partial charge in [-0.15, -0.1) is 0 Å². The molecule has 112 valence electrons. The van der Waals surface area contributed by atoms with Crippen molar-refractivity contribution in [2.45, 2.75) is 13.3 Å². The largest absolute Gasteiger partial charge is 0.481 e. The minimum absolute atomic E-state index is 0.284. The number of aliphatic carboxylic acids is 1. The fourth-order valence-electron chi connectivity index (χ4n) is 1.91. The second kappa shape index (κ2) is 6.25. The highest BCUT2D eigenvalue weighted by atomic mass is 16.5. The van der Waals surface area contributed by atoms with E-state index in [0.29, 0.717) is 17.8 Å². The third-order valence-corrected chi connectivity index (χ3v) is 3.12. The van der Waals surface area contributed by atoms with Crippen molar-refractivity contribution in [1.29, 1.82) is 0 Å². The molecule has 0 spiro atoms. The fraction of sp³-hybridized carbons (Fsp3) is 0.357. The first-order chi connectivity index (χ1) is 10.0. The second-order valence-electron chi connectivity index (χ2n) is 4.70. The summed E-state index contributed by atoms with van der Waals surface area (Å²) in [7, 11) is 0. The summed E-state index contributed by atoms with van der Waals surface area (Å²) in [6.45, 7) is 1.99. The molecule has 1 aromatic carbocycles. The molecular formula is C14H16N2O5. The molecule has 0 radical (unpaired) electrons. The summed E-state index contributed by atoms with van der Waals surface area (Å²) in [4.78, 5) is 33.7. The lowest BCUT2D eigenvalue weighted by Gasteiger charge is -2.07. The van der Waals surface area contributed by atoms with Crippen LogP contribution in [-0.2, 0) is 14.3 Å². The van der Waals surface area contributed by atoms with E-state index >= 15 is 0 Å². The average Bonchev–Trinajstić information content (AvgIpc) is 3.21. The first kappa shape index (κ1) is 14.8. The number of carboxylic acids is 1. The molecule has 3 N–H and O–H groups in total. The number of nitrogens with one attached hydrogen (secondary N) is 2. The molecule has 1 aliphatic carbocycles. The lowest BCUT2D eigenvalue weighted by molar-refractivity contribution is -0.139. The van der Waals surface area contributed by atoms with Crippen molar-refractivity contribution >= 4 is 29.3 Å². The molecule has 0 heterocycles. The molecule has 1 aliphatic rings. The molecule has 7 heteroatoms. The number of carboxylic acid groups (broad SMARTS) is 1. The summed E-state index contributed by atoms with van der Waals surface area (Å²) in [6.07, 6.45) is -0.166. The molecule has 1 saturated carbocycles. The number of hydrogen-bond acceptors (Lipinski definition) is 4. The van der Waals surface area contributed by atoms with Gasteiger partial charge in [-0.2, -0.15) is 0 Å². The zero-order valence-corrected chi connectivity index (χ0v) is 11.5. The van der Waals surface area contributed by atoms with E-state index in [-0.39, 0.29) is 12.5 Å². The van der Waals surface area contributed by atoms with Crippen molar-refractivity contribution in [2.75, 3.05) is 17.2 Å². The number of amides is 2. The SMILES string of the molecule is CCOC(=O)Nc1ccc(NC(=O)C2CC2C(=O)O)cc1. The molecule has 0 bridgehead atoms. The Kier molecular flexibility index (Phi) is 4.42. The van der Waals surface area contributed by atoms with Crippen LogP contribution in [-0.4, -0.2) is 29.7 Å². The first-order valence-corrected chi connectivity index (χ1v) is 6.58. The Hall–Kier alpha value is -2.57. The van der Waals surface area contributed by atoms with Gasteiger partial charge in [0.2, 0.25) is 5.91 Å². The van der Waals surface area contributed by atoms with Crippen LogP contribution in [0, 0.1) is 11.8 Å². The van der Waals surface area contributed by atoms with Gasteiger partial charge >= 0.3 is 12.1 Å². The number of anilines is 2. The number of benzene rings is 1. The van der Waals surface area contributed by atoms with Crippen molar-refractivity contribution in [2.24, 2.45) is 11.8 Å². The third-order valence-electron chi connectivity index (χ3n) is 3.12. The maximum Gasteiger partial charge on any atom is 0.411 e. The predicted molar refractivity (Wildman–Crippen MR) is 74.9 cm³/mol. The van der Waals surface area contributed by atoms with Gasteiger partial charge in [0.15, 0.2) is 0 Å². The fourth-order valence-corrected chi connectivity index (χ4v) is 1.91. The number of carbonyl (C=O) groups excluding carboxylic acids is 2. The zero-order valence-electron chi connectivity index (χ0n) is 11.5.